The third-order valence-electron chi connectivity index (χ3n) is 3.84. The van der Waals surface area contributed by atoms with E-state index in [1.807, 2.05) is 45.0 Å². The van der Waals surface area contributed by atoms with Crippen LogP contribution in [-0.4, -0.2) is 54.8 Å². The molecule has 1 aliphatic heterocycles. The average molecular weight is 369 g/mol. The van der Waals surface area contributed by atoms with Crippen LogP contribution in [0.1, 0.15) is 26.3 Å². The van der Waals surface area contributed by atoms with Crippen LogP contribution in [0, 0.1) is 0 Å². The molecule has 1 fully saturated rings. The molecule has 138 valence electrons. The molecule has 1 N–H and O–H groups in total. The van der Waals surface area contributed by atoms with Gasteiger partial charge in [0.2, 0.25) is 0 Å². The number of hydrogen-bond acceptors (Lipinski definition) is 4. The maximum Gasteiger partial charge on any atom is 0.410 e. The topological polar surface area (TPSA) is 67.9 Å². The van der Waals surface area contributed by atoms with E-state index in [0.29, 0.717) is 11.4 Å². The van der Waals surface area contributed by atoms with E-state index in [-0.39, 0.29) is 25.1 Å². The maximum absolute atomic E-state index is 12.6. The molecule has 1 aliphatic rings. The summed E-state index contributed by atoms with van der Waals surface area (Å²) in [6, 6.07) is 7.25. The van der Waals surface area contributed by atoms with Crippen LogP contribution in [-0.2, 0) is 20.7 Å². The molecule has 1 heterocycles. The SMILES string of the molecule is CNC(=O)[C@H]1CN(C(=O)OC(C)(C)C)C(Cc2ccc(Cl)cc2)CO1. The van der Waals surface area contributed by atoms with Gasteiger partial charge in [-0.1, -0.05) is 23.7 Å². The standard InChI is InChI=1S/C18H25ClN2O4/c1-18(2,3)25-17(23)21-10-15(16(22)20-4)24-11-14(21)9-12-5-7-13(19)8-6-12/h5-8,14-15H,9-11H2,1-4H3,(H,20,22)/t14?,15-/m1/s1. The molecule has 1 aromatic rings. The molecule has 25 heavy (non-hydrogen) atoms. The Morgan fingerprint density at radius 1 is 1.32 bits per heavy atom. The number of benzene rings is 1. The predicted molar refractivity (Wildman–Crippen MR) is 95.7 cm³/mol. The molecule has 0 saturated carbocycles. The number of nitrogens with one attached hydrogen (secondary N) is 1. The Bertz CT molecular complexity index is 612. The summed E-state index contributed by atoms with van der Waals surface area (Å²) in [4.78, 5) is 26.1. The van der Waals surface area contributed by atoms with Gasteiger partial charge in [-0.05, 0) is 44.9 Å². The summed E-state index contributed by atoms with van der Waals surface area (Å²) in [7, 11) is 1.54. The van der Waals surface area contributed by atoms with E-state index in [4.69, 9.17) is 21.1 Å². The number of halogens is 1. The number of ether oxygens (including phenoxy) is 2. The van der Waals surface area contributed by atoms with E-state index in [9.17, 15) is 9.59 Å². The van der Waals surface area contributed by atoms with Gasteiger partial charge in [0.25, 0.3) is 5.91 Å². The highest BCUT2D eigenvalue weighted by Crippen LogP contribution is 2.21. The van der Waals surface area contributed by atoms with Gasteiger partial charge in [0.15, 0.2) is 6.10 Å². The van der Waals surface area contributed by atoms with Gasteiger partial charge in [-0.2, -0.15) is 0 Å². The van der Waals surface area contributed by atoms with Crippen LogP contribution < -0.4 is 5.32 Å². The van der Waals surface area contributed by atoms with E-state index in [2.05, 4.69) is 5.32 Å². The molecule has 1 saturated heterocycles. The van der Waals surface area contributed by atoms with Crippen LogP contribution in [0.4, 0.5) is 4.79 Å². The molecule has 0 aliphatic carbocycles. The number of nitrogens with zero attached hydrogens (tertiary/aromatic N) is 1. The van der Waals surface area contributed by atoms with Crippen LogP contribution >= 0.6 is 11.6 Å². The Balaban J connectivity index is 2.15. The summed E-state index contributed by atoms with van der Waals surface area (Å²) in [6.45, 7) is 5.87. The maximum atomic E-state index is 12.6. The first-order valence-electron chi connectivity index (χ1n) is 8.27. The lowest BCUT2D eigenvalue weighted by Gasteiger charge is -2.39. The molecular formula is C18H25ClN2O4. The molecular weight excluding hydrogens is 344 g/mol. The Kier molecular flexibility index (Phi) is 6.30. The molecule has 2 rings (SSSR count). The number of carbonyl (C=O) groups excluding carboxylic acids is 2. The van der Waals surface area contributed by atoms with Crippen molar-refractivity contribution in [2.45, 2.75) is 44.9 Å². The van der Waals surface area contributed by atoms with Gasteiger partial charge in [-0.15, -0.1) is 0 Å². The van der Waals surface area contributed by atoms with Gasteiger partial charge in [0.1, 0.15) is 5.60 Å². The number of morpholine rings is 1. The minimum absolute atomic E-state index is 0.160. The fourth-order valence-electron chi connectivity index (χ4n) is 2.62. The second-order valence-corrected chi connectivity index (χ2v) is 7.49. The molecule has 1 unspecified atom stereocenters. The van der Waals surface area contributed by atoms with Crippen molar-refractivity contribution in [1.82, 2.24) is 10.2 Å². The summed E-state index contributed by atoms with van der Waals surface area (Å²) >= 11 is 5.92. The minimum Gasteiger partial charge on any atom is -0.444 e. The third-order valence-corrected chi connectivity index (χ3v) is 4.10. The average Bonchev–Trinajstić information content (AvgIpc) is 2.55. The number of rotatable bonds is 3. The molecule has 1 aromatic carbocycles. The largest absolute Gasteiger partial charge is 0.444 e. The van der Waals surface area contributed by atoms with Crippen LogP contribution in [0.3, 0.4) is 0 Å². The highest BCUT2D eigenvalue weighted by molar-refractivity contribution is 6.30. The highest BCUT2D eigenvalue weighted by Gasteiger charge is 2.37. The van der Waals surface area contributed by atoms with E-state index in [1.54, 1.807) is 11.9 Å². The summed E-state index contributed by atoms with van der Waals surface area (Å²) in [5.41, 5.74) is 0.424. The normalized spacial score (nSPS) is 20.9. The van der Waals surface area contributed by atoms with Crippen molar-refractivity contribution in [3.63, 3.8) is 0 Å². The van der Waals surface area contributed by atoms with Crippen molar-refractivity contribution in [1.29, 1.82) is 0 Å². The summed E-state index contributed by atoms with van der Waals surface area (Å²) in [5, 5.41) is 3.22. The molecule has 0 spiro atoms. The van der Waals surface area contributed by atoms with Crippen molar-refractivity contribution in [3.8, 4) is 0 Å². The van der Waals surface area contributed by atoms with Crippen molar-refractivity contribution in [2.75, 3.05) is 20.2 Å². The van der Waals surface area contributed by atoms with Gasteiger partial charge in [0, 0.05) is 12.1 Å². The van der Waals surface area contributed by atoms with Crippen LogP contribution in [0.2, 0.25) is 5.02 Å². The highest BCUT2D eigenvalue weighted by atomic mass is 35.5. The number of likely N-dealkylation sites (N-methyl/N-ethyl adjacent to an activating group) is 1. The number of amides is 2. The Morgan fingerprint density at radius 3 is 2.52 bits per heavy atom. The fourth-order valence-corrected chi connectivity index (χ4v) is 2.75. The molecule has 7 heteroatoms. The zero-order chi connectivity index (χ0) is 18.6. The van der Waals surface area contributed by atoms with Crippen molar-refractivity contribution in [3.05, 3.63) is 34.9 Å². The quantitative estimate of drug-likeness (QED) is 0.890. The van der Waals surface area contributed by atoms with Gasteiger partial charge < -0.3 is 14.8 Å². The number of hydrogen-bond donors (Lipinski definition) is 1. The van der Waals surface area contributed by atoms with Crippen molar-refractivity contribution < 1.29 is 19.1 Å². The number of carbonyl (C=O) groups is 2. The lowest BCUT2D eigenvalue weighted by molar-refractivity contribution is -0.140. The summed E-state index contributed by atoms with van der Waals surface area (Å²) in [6.07, 6.45) is -0.542. The molecule has 2 amide bonds. The van der Waals surface area contributed by atoms with Gasteiger partial charge >= 0.3 is 6.09 Å². The lowest BCUT2D eigenvalue weighted by atomic mass is 10.0. The first-order chi connectivity index (χ1) is 11.7. The van der Waals surface area contributed by atoms with Gasteiger partial charge in [0.05, 0.1) is 19.2 Å². The van der Waals surface area contributed by atoms with Crippen LogP contribution in [0.25, 0.3) is 0 Å². The molecule has 0 radical (unpaired) electrons. The van der Waals surface area contributed by atoms with Crippen molar-refractivity contribution in [2.24, 2.45) is 0 Å². The Morgan fingerprint density at radius 2 is 1.96 bits per heavy atom. The zero-order valence-electron chi connectivity index (χ0n) is 15.0. The molecule has 2 atom stereocenters. The molecule has 6 nitrogen and oxygen atoms in total. The Hall–Kier alpha value is -1.79. The van der Waals surface area contributed by atoms with Gasteiger partial charge in [-0.25, -0.2) is 4.79 Å². The smallest absolute Gasteiger partial charge is 0.410 e. The Labute approximate surface area is 153 Å². The first kappa shape index (κ1) is 19.5. The second-order valence-electron chi connectivity index (χ2n) is 7.05. The van der Waals surface area contributed by atoms with E-state index in [0.717, 1.165) is 5.56 Å². The van der Waals surface area contributed by atoms with Crippen LogP contribution in [0.5, 0.6) is 0 Å². The monoisotopic (exact) mass is 368 g/mol. The van der Waals surface area contributed by atoms with E-state index < -0.39 is 17.8 Å². The van der Waals surface area contributed by atoms with Gasteiger partial charge in [-0.3, -0.25) is 9.69 Å². The second kappa shape index (κ2) is 8.06. The molecule has 0 aromatic heterocycles. The summed E-state index contributed by atoms with van der Waals surface area (Å²) in [5.74, 6) is -0.251. The van der Waals surface area contributed by atoms with Crippen molar-refractivity contribution >= 4 is 23.6 Å². The van der Waals surface area contributed by atoms with E-state index >= 15 is 0 Å². The summed E-state index contributed by atoms with van der Waals surface area (Å²) < 4.78 is 11.2. The zero-order valence-corrected chi connectivity index (χ0v) is 15.8. The minimum atomic E-state index is -0.695. The van der Waals surface area contributed by atoms with Crippen LogP contribution in [0.15, 0.2) is 24.3 Å². The van der Waals surface area contributed by atoms with E-state index in [1.165, 1.54) is 0 Å². The fraction of sp³-hybridized carbons (Fsp3) is 0.556. The first-order valence-corrected chi connectivity index (χ1v) is 8.64. The lowest BCUT2D eigenvalue weighted by Crippen LogP contribution is -2.57. The predicted octanol–water partition coefficient (Wildman–Crippen LogP) is 2.63. The molecule has 0 bridgehead atoms. The third kappa shape index (κ3) is 5.61.